The zero-order valence-corrected chi connectivity index (χ0v) is 10.2. The molecule has 3 heteroatoms. The van der Waals surface area contributed by atoms with Gasteiger partial charge in [0.25, 0.3) is 0 Å². The summed E-state index contributed by atoms with van der Waals surface area (Å²) in [5.74, 6) is 0. The summed E-state index contributed by atoms with van der Waals surface area (Å²) >= 11 is 0. The highest BCUT2D eigenvalue weighted by Crippen LogP contribution is 2.29. The van der Waals surface area contributed by atoms with Crippen molar-refractivity contribution in [2.45, 2.75) is 19.8 Å². The van der Waals surface area contributed by atoms with Crippen LogP contribution in [0.4, 0.5) is 11.4 Å². The molecular formula is C13H19N3. The molecule has 0 unspecified atom stereocenters. The van der Waals surface area contributed by atoms with Crippen LogP contribution >= 0.6 is 0 Å². The smallest absolute Gasteiger partial charge is 0.0907 e. The first-order valence-electron chi connectivity index (χ1n) is 5.75. The molecule has 1 aliphatic heterocycles. The van der Waals surface area contributed by atoms with Gasteiger partial charge in [-0.05, 0) is 43.0 Å². The number of aliphatic imine (C=N–C) groups is 1. The highest BCUT2D eigenvalue weighted by molar-refractivity contribution is 5.68. The maximum Gasteiger partial charge on any atom is 0.0907 e. The fourth-order valence-electron chi connectivity index (χ4n) is 1.93. The second-order valence-electron chi connectivity index (χ2n) is 4.53. The molecule has 1 N–H and O–H groups in total. The Morgan fingerprint density at radius 1 is 1.38 bits per heavy atom. The minimum atomic E-state index is 1.08. The van der Waals surface area contributed by atoms with E-state index in [1.54, 1.807) is 0 Å². The van der Waals surface area contributed by atoms with Gasteiger partial charge in [-0.3, -0.25) is 0 Å². The Morgan fingerprint density at radius 2 is 2.19 bits per heavy atom. The Bertz CT molecular complexity index is 408. The standard InChI is InChI=1S/C13H19N3/c1-10-7-13-11(5-4-6-14-13)8-12(10)15-9-16(2)3/h7-9,14H,4-6H2,1-3H3/b15-9-. The van der Waals surface area contributed by atoms with E-state index >= 15 is 0 Å². The van der Waals surface area contributed by atoms with Crippen molar-refractivity contribution >= 4 is 17.7 Å². The highest BCUT2D eigenvalue weighted by atomic mass is 15.1. The van der Waals surface area contributed by atoms with Gasteiger partial charge in [-0.1, -0.05) is 0 Å². The third-order valence-corrected chi connectivity index (χ3v) is 2.79. The highest BCUT2D eigenvalue weighted by Gasteiger charge is 2.10. The molecule has 1 aliphatic rings. The van der Waals surface area contributed by atoms with Gasteiger partial charge in [-0.2, -0.15) is 0 Å². The molecule has 16 heavy (non-hydrogen) atoms. The summed E-state index contributed by atoms with van der Waals surface area (Å²) in [6.07, 6.45) is 4.23. The van der Waals surface area contributed by atoms with E-state index in [4.69, 9.17) is 0 Å². The number of rotatable bonds is 2. The number of aryl methyl sites for hydroxylation is 2. The largest absolute Gasteiger partial charge is 0.385 e. The number of fused-ring (bicyclic) bond motifs is 1. The summed E-state index contributed by atoms with van der Waals surface area (Å²) < 4.78 is 0. The zero-order valence-electron chi connectivity index (χ0n) is 10.2. The van der Waals surface area contributed by atoms with E-state index in [1.165, 1.54) is 23.2 Å². The SMILES string of the molecule is Cc1cc2c(cc1/N=C\N(C)C)CCCN2. The number of hydrogen-bond acceptors (Lipinski definition) is 2. The topological polar surface area (TPSA) is 27.6 Å². The van der Waals surface area contributed by atoms with Gasteiger partial charge in [0, 0.05) is 26.3 Å². The van der Waals surface area contributed by atoms with E-state index in [0.717, 1.165) is 18.7 Å². The number of nitrogens with zero attached hydrogens (tertiary/aromatic N) is 2. The summed E-state index contributed by atoms with van der Waals surface area (Å²) in [6, 6.07) is 4.41. The first-order chi connectivity index (χ1) is 7.66. The molecule has 86 valence electrons. The lowest BCUT2D eigenvalue weighted by Crippen LogP contribution is -2.11. The van der Waals surface area contributed by atoms with Gasteiger partial charge in [-0.15, -0.1) is 0 Å². The van der Waals surface area contributed by atoms with E-state index in [1.807, 2.05) is 25.3 Å². The summed E-state index contributed by atoms with van der Waals surface area (Å²) in [5.41, 5.74) is 4.98. The quantitative estimate of drug-likeness (QED) is 0.609. The van der Waals surface area contributed by atoms with Crippen LogP contribution in [0.5, 0.6) is 0 Å². The first kappa shape index (κ1) is 11.0. The van der Waals surface area contributed by atoms with E-state index < -0.39 is 0 Å². The van der Waals surface area contributed by atoms with Gasteiger partial charge in [0.1, 0.15) is 0 Å². The second kappa shape index (κ2) is 4.56. The molecule has 1 aromatic carbocycles. The number of benzene rings is 1. The molecule has 0 fully saturated rings. The number of anilines is 1. The van der Waals surface area contributed by atoms with Crippen molar-refractivity contribution in [3.63, 3.8) is 0 Å². The Labute approximate surface area is 97.2 Å². The van der Waals surface area contributed by atoms with Crippen LogP contribution in [0.1, 0.15) is 17.5 Å². The molecule has 0 saturated heterocycles. The lowest BCUT2D eigenvalue weighted by Gasteiger charge is -2.19. The molecule has 0 aliphatic carbocycles. The number of nitrogens with one attached hydrogen (secondary N) is 1. The normalized spacial score (nSPS) is 14.7. The predicted molar refractivity (Wildman–Crippen MR) is 69.8 cm³/mol. The first-order valence-corrected chi connectivity index (χ1v) is 5.75. The van der Waals surface area contributed by atoms with Crippen LogP contribution < -0.4 is 5.32 Å². The summed E-state index contributed by atoms with van der Waals surface area (Å²) in [4.78, 5) is 6.44. The van der Waals surface area contributed by atoms with Crippen molar-refractivity contribution in [2.24, 2.45) is 4.99 Å². The van der Waals surface area contributed by atoms with Gasteiger partial charge < -0.3 is 10.2 Å². The molecule has 0 aromatic heterocycles. The maximum atomic E-state index is 4.49. The minimum absolute atomic E-state index is 1.08. The summed E-state index contributed by atoms with van der Waals surface area (Å²) in [6.45, 7) is 3.20. The van der Waals surface area contributed by atoms with E-state index in [0.29, 0.717) is 0 Å². The van der Waals surface area contributed by atoms with Crippen molar-refractivity contribution in [1.82, 2.24) is 4.90 Å². The molecule has 1 aromatic rings. The Balaban J connectivity index is 2.32. The third kappa shape index (κ3) is 2.35. The van der Waals surface area contributed by atoms with Crippen molar-refractivity contribution in [3.05, 3.63) is 23.3 Å². The van der Waals surface area contributed by atoms with Gasteiger partial charge in [0.05, 0.1) is 12.0 Å². The van der Waals surface area contributed by atoms with Crippen molar-refractivity contribution < 1.29 is 0 Å². The average molecular weight is 217 g/mol. The molecule has 1 heterocycles. The molecule has 0 radical (unpaired) electrons. The second-order valence-corrected chi connectivity index (χ2v) is 4.53. The van der Waals surface area contributed by atoms with Crippen LogP contribution in [0.3, 0.4) is 0 Å². The Hall–Kier alpha value is -1.51. The van der Waals surface area contributed by atoms with Gasteiger partial charge in [0.2, 0.25) is 0 Å². The maximum absolute atomic E-state index is 4.49. The Morgan fingerprint density at radius 3 is 2.94 bits per heavy atom. The predicted octanol–water partition coefficient (Wildman–Crippen LogP) is 2.57. The third-order valence-electron chi connectivity index (χ3n) is 2.79. The lowest BCUT2D eigenvalue weighted by atomic mass is 10.0. The van der Waals surface area contributed by atoms with Gasteiger partial charge in [-0.25, -0.2) is 4.99 Å². The fourth-order valence-corrected chi connectivity index (χ4v) is 1.93. The van der Waals surface area contributed by atoms with E-state index in [2.05, 4.69) is 29.4 Å². The van der Waals surface area contributed by atoms with Crippen LogP contribution in [0.15, 0.2) is 17.1 Å². The fraction of sp³-hybridized carbons (Fsp3) is 0.462. The zero-order chi connectivity index (χ0) is 11.5. The molecule has 0 saturated carbocycles. The molecule has 0 spiro atoms. The van der Waals surface area contributed by atoms with E-state index in [9.17, 15) is 0 Å². The van der Waals surface area contributed by atoms with Crippen molar-refractivity contribution in [3.8, 4) is 0 Å². The van der Waals surface area contributed by atoms with Crippen LogP contribution in [-0.2, 0) is 6.42 Å². The average Bonchev–Trinajstić information content (AvgIpc) is 2.26. The molecule has 0 atom stereocenters. The van der Waals surface area contributed by atoms with Crippen molar-refractivity contribution in [2.75, 3.05) is 26.0 Å². The molecule has 2 rings (SSSR count). The van der Waals surface area contributed by atoms with Crippen molar-refractivity contribution in [1.29, 1.82) is 0 Å². The molecule has 0 bridgehead atoms. The van der Waals surface area contributed by atoms with Crippen LogP contribution in [0.25, 0.3) is 0 Å². The van der Waals surface area contributed by atoms with Crippen LogP contribution in [0.2, 0.25) is 0 Å². The molecular weight excluding hydrogens is 198 g/mol. The van der Waals surface area contributed by atoms with Gasteiger partial charge in [0.15, 0.2) is 0 Å². The van der Waals surface area contributed by atoms with E-state index in [-0.39, 0.29) is 0 Å². The monoisotopic (exact) mass is 217 g/mol. The lowest BCUT2D eigenvalue weighted by molar-refractivity contribution is 0.643. The van der Waals surface area contributed by atoms with Crippen LogP contribution in [0, 0.1) is 6.92 Å². The molecule has 0 amide bonds. The summed E-state index contributed by atoms with van der Waals surface area (Å²) in [7, 11) is 3.97. The molecule has 3 nitrogen and oxygen atoms in total. The minimum Gasteiger partial charge on any atom is -0.385 e. The van der Waals surface area contributed by atoms with Crippen LogP contribution in [-0.4, -0.2) is 31.9 Å². The Kier molecular flexibility index (Phi) is 3.13. The van der Waals surface area contributed by atoms with Gasteiger partial charge >= 0.3 is 0 Å². The number of hydrogen-bond donors (Lipinski definition) is 1. The summed E-state index contributed by atoms with van der Waals surface area (Å²) in [5, 5.41) is 3.43.